The zero-order valence-electron chi connectivity index (χ0n) is 7.96. The summed E-state index contributed by atoms with van der Waals surface area (Å²) in [5, 5.41) is 0. The maximum absolute atomic E-state index is 10.6. The molecule has 13 heavy (non-hydrogen) atoms. The van der Waals surface area contributed by atoms with E-state index in [4.69, 9.17) is 0 Å². The molecule has 2 unspecified atom stereocenters. The van der Waals surface area contributed by atoms with Gasteiger partial charge in [-0.25, -0.2) is 0 Å². The Bertz CT molecular complexity index is 261. The van der Waals surface area contributed by atoms with E-state index in [2.05, 4.69) is 0 Å². The number of aldehydes is 1. The third-order valence-corrected chi connectivity index (χ3v) is 4.22. The largest absolute Gasteiger partial charge is 0.303 e. The highest BCUT2D eigenvalue weighted by Crippen LogP contribution is 2.53. The van der Waals surface area contributed by atoms with Gasteiger partial charge >= 0.3 is 0 Å². The van der Waals surface area contributed by atoms with Crippen molar-refractivity contribution in [2.45, 2.75) is 38.5 Å². The molecule has 0 heterocycles. The van der Waals surface area contributed by atoms with Gasteiger partial charge in [0.2, 0.25) is 0 Å². The highest BCUT2D eigenvalue weighted by Gasteiger charge is 2.41. The van der Waals surface area contributed by atoms with Crippen LogP contribution in [0.25, 0.3) is 0 Å². The smallest absolute Gasteiger partial charge is 0.124 e. The SMILES string of the molecule is O=CCC1=C2CC3CC(C2)CC1C3. The molecule has 0 aromatic heterocycles. The molecule has 2 fully saturated rings. The minimum absolute atomic E-state index is 0.736. The van der Waals surface area contributed by atoms with E-state index in [1.165, 1.54) is 32.1 Å². The van der Waals surface area contributed by atoms with Gasteiger partial charge in [0.1, 0.15) is 6.29 Å². The Labute approximate surface area is 79.2 Å². The molecule has 0 radical (unpaired) electrons. The van der Waals surface area contributed by atoms with E-state index < -0.39 is 0 Å². The summed E-state index contributed by atoms with van der Waals surface area (Å²) in [6.07, 6.45) is 8.76. The predicted molar refractivity (Wildman–Crippen MR) is 51.3 cm³/mol. The predicted octanol–water partition coefficient (Wildman–Crippen LogP) is 2.71. The molecule has 0 aliphatic heterocycles. The van der Waals surface area contributed by atoms with Crippen LogP contribution in [0.5, 0.6) is 0 Å². The Balaban J connectivity index is 1.96. The van der Waals surface area contributed by atoms with Crippen LogP contribution >= 0.6 is 0 Å². The molecule has 0 saturated heterocycles. The molecular formula is C12H16O. The second kappa shape index (κ2) is 2.70. The molecule has 4 bridgehead atoms. The number of allylic oxidation sites excluding steroid dienone is 2. The lowest BCUT2D eigenvalue weighted by Gasteiger charge is -2.47. The Morgan fingerprint density at radius 3 is 2.38 bits per heavy atom. The zero-order chi connectivity index (χ0) is 8.84. The third-order valence-electron chi connectivity index (χ3n) is 4.22. The Kier molecular flexibility index (Phi) is 1.61. The lowest BCUT2D eigenvalue weighted by molar-refractivity contribution is -0.107. The van der Waals surface area contributed by atoms with Crippen LogP contribution in [0.15, 0.2) is 11.1 Å². The molecule has 0 N–H and O–H groups in total. The van der Waals surface area contributed by atoms with Crippen molar-refractivity contribution < 1.29 is 4.79 Å². The first-order valence-electron chi connectivity index (χ1n) is 5.51. The fourth-order valence-corrected chi connectivity index (χ4v) is 3.91. The topological polar surface area (TPSA) is 17.1 Å². The van der Waals surface area contributed by atoms with Crippen LogP contribution in [0.2, 0.25) is 0 Å². The van der Waals surface area contributed by atoms with E-state index in [0.717, 1.165) is 30.5 Å². The molecule has 0 aromatic carbocycles. The second-order valence-corrected chi connectivity index (χ2v) is 5.04. The number of hydrogen-bond donors (Lipinski definition) is 0. The maximum Gasteiger partial charge on any atom is 0.124 e. The van der Waals surface area contributed by atoms with E-state index >= 15 is 0 Å². The molecule has 1 heteroatoms. The van der Waals surface area contributed by atoms with Crippen LogP contribution in [0.1, 0.15) is 38.5 Å². The molecule has 0 spiro atoms. The first kappa shape index (κ1) is 7.78. The van der Waals surface area contributed by atoms with E-state index in [9.17, 15) is 4.79 Å². The van der Waals surface area contributed by atoms with Crippen LogP contribution in [0, 0.1) is 17.8 Å². The molecule has 4 aliphatic carbocycles. The van der Waals surface area contributed by atoms with Gasteiger partial charge in [-0.15, -0.1) is 0 Å². The molecule has 0 aromatic rings. The lowest BCUT2D eigenvalue weighted by Crippen LogP contribution is -2.35. The van der Waals surface area contributed by atoms with E-state index in [1.54, 1.807) is 11.1 Å². The molecule has 70 valence electrons. The monoisotopic (exact) mass is 176 g/mol. The molecule has 1 nitrogen and oxygen atoms in total. The third kappa shape index (κ3) is 1.09. The summed E-state index contributed by atoms with van der Waals surface area (Å²) in [6.45, 7) is 0. The second-order valence-electron chi connectivity index (χ2n) is 5.04. The highest BCUT2D eigenvalue weighted by atomic mass is 16.1. The Morgan fingerprint density at radius 2 is 1.85 bits per heavy atom. The average Bonchev–Trinajstić information content (AvgIpc) is 2.10. The first-order chi connectivity index (χ1) is 6.36. The summed E-state index contributed by atoms with van der Waals surface area (Å²) in [7, 11) is 0. The van der Waals surface area contributed by atoms with E-state index in [-0.39, 0.29) is 0 Å². The van der Waals surface area contributed by atoms with Gasteiger partial charge in [-0.2, -0.15) is 0 Å². The molecule has 4 aliphatic rings. The van der Waals surface area contributed by atoms with E-state index in [0.29, 0.717) is 0 Å². The van der Waals surface area contributed by atoms with Crippen LogP contribution < -0.4 is 0 Å². The quantitative estimate of drug-likeness (QED) is 0.467. The van der Waals surface area contributed by atoms with Crippen molar-refractivity contribution in [3.05, 3.63) is 11.1 Å². The zero-order valence-corrected chi connectivity index (χ0v) is 7.96. The van der Waals surface area contributed by atoms with Crippen LogP contribution in [-0.2, 0) is 4.79 Å². The standard InChI is InChI=1S/C12H16O/c13-2-1-12-10-4-8-3-9(6-10)7-11(12)5-8/h2,8-10H,1,3-7H2. The van der Waals surface area contributed by atoms with Crippen molar-refractivity contribution in [1.82, 2.24) is 0 Å². The summed E-state index contributed by atoms with van der Waals surface area (Å²) < 4.78 is 0. The van der Waals surface area contributed by atoms with Crippen molar-refractivity contribution >= 4 is 6.29 Å². The number of rotatable bonds is 2. The van der Waals surface area contributed by atoms with Gasteiger partial charge in [0.05, 0.1) is 0 Å². The van der Waals surface area contributed by atoms with Gasteiger partial charge in [0.15, 0.2) is 0 Å². The Hall–Kier alpha value is -0.590. The molecular weight excluding hydrogens is 160 g/mol. The van der Waals surface area contributed by atoms with Crippen LogP contribution in [0.3, 0.4) is 0 Å². The van der Waals surface area contributed by atoms with Crippen molar-refractivity contribution in [3.63, 3.8) is 0 Å². The lowest BCUT2D eigenvalue weighted by atomic mass is 9.58. The number of carbonyl (C=O) groups is 1. The summed E-state index contributed by atoms with van der Waals surface area (Å²) >= 11 is 0. The highest BCUT2D eigenvalue weighted by molar-refractivity contribution is 5.56. The summed E-state index contributed by atoms with van der Waals surface area (Å²) in [4.78, 5) is 10.6. The summed E-state index contributed by atoms with van der Waals surface area (Å²) in [5.74, 6) is 2.79. The van der Waals surface area contributed by atoms with Crippen molar-refractivity contribution in [1.29, 1.82) is 0 Å². The normalized spacial score (nSPS) is 41.4. The van der Waals surface area contributed by atoms with Gasteiger partial charge in [0.25, 0.3) is 0 Å². The number of hydrogen-bond acceptors (Lipinski definition) is 1. The summed E-state index contributed by atoms with van der Waals surface area (Å²) in [6, 6.07) is 0. The van der Waals surface area contributed by atoms with Gasteiger partial charge in [-0.05, 0) is 49.9 Å². The maximum atomic E-state index is 10.6. The van der Waals surface area contributed by atoms with Gasteiger partial charge in [-0.3, -0.25) is 0 Å². The summed E-state index contributed by atoms with van der Waals surface area (Å²) in [5.41, 5.74) is 3.22. The average molecular weight is 176 g/mol. The van der Waals surface area contributed by atoms with Crippen LogP contribution in [0.4, 0.5) is 0 Å². The molecule has 2 saturated carbocycles. The number of carbonyl (C=O) groups excluding carboxylic acids is 1. The fraction of sp³-hybridized carbons (Fsp3) is 0.750. The van der Waals surface area contributed by atoms with Crippen molar-refractivity contribution in [3.8, 4) is 0 Å². The first-order valence-corrected chi connectivity index (χ1v) is 5.51. The van der Waals surface area contributed by atoms with Gasteiger partial charge in [-0.1, -0.05) is 11.1 Å². The molecule has 0 amide bonds. The molecule has 2 atom stereocenters. The van der Waals surface area contributed by atoms with Crippen LogP contribution in [-0.4, -0.2) is 6.29 Å². The minimum Gasteiger partial charge on any atom is -0.303 e. The van der Waals surface area contributed by atoms with Gasteiger partial charge in [0, 0.05) is 6.42 Å². The Morgan fingerprint density at radius 1 is 1.15 bits per heavy atom. The van der Waals surface area contributed by atoms with Crippen molar-refractivity contribution in [2.75, 3.05) is 0 Å². The van der Waals surface area contributed by atoms with Gasteiger partial charge < -0.3 is 4.79 Å². The minimum atomic E-state index is 0.736. The molecule has 4 rings (SSSR count). The van der Waals surface area contributed by atoms with Crippen molar-refractivity contribution in [2.24, 2.45) is 17.8 Å². The fourth-order valence-electron chi connectivity index (χ4n) is 3.91. The van der Waals surface area contributed by atoms with E-state index in [1.807, 2.05) is 0 Å².